The van der Waals surface area contributed by atoms with Crippen LogP contribution < -0.4 is 4.90 Å². The quantitative estimate of drug-likeness (QED) is 0.168. The van der Waals surface area contributed by atoms with Crippen LogP contribution in [0.15, 0.2) is 224 Å². The first-order chi connectivity index (χ1) is 31.7. The highest BCUT2D eigenvalue weighted by Gasteiger charge is 2.52. The lowest BCUT2D eigenvalue weighted by atomic mass is 9.70. The number of hydrogen-bond donors (Lipinski definition) is 0. The van der Waals surface area contributed by atoms with Crippen molar-refractivity contribution in [1.29, 1.82) is 0 Å². The third-order valence-electron chi connectivity index (χ3n) is 14.2. The number of fused-ring (bicyclic) bond motifs is 17. The molecule has 64 heavy (non-hydrogen) atoms. The molecule has 0 aliphatic heterocycles. The topological polar surface area (TPSA) is 7.65 Å². The number of halogens is 1. The third kappa shape index (κ3) is 4.62. The summed E-state index contributed by atoms with van der Waals surface area (Å²) >= 11 is 0. The van der Waals surface area contributed by atoms with E-state index in [2.05, 4.69) is 203 Å². The number of rotatable bonds is 5. The van der Waals surface area contributed by atoms with Crippen molar-refractivity contribution in [3.63, 3.8) is 0 Å². The molecule has 2 heterocycles. The molecule has 0 fully saturated rings. The van der Waals surface area contributed by atoms with Gasteiger partial charge in [-0.2, -0.15) is 0 Å². The van der Waals surface area contributed by atoms with Gasteiger partial charge in [0.15, 0.2) is 0 Å². The Morgan fingerprint density at radius 1 is 0.359 bits per heavy atom. The molecule has 0 radical (unpaired) electrons. The fourth-order valence-electron chi connectivity index (χ4n) is 11.7. The Morgan fingerprint density at radius 2 is 0.859 bits per heavy atom. The van der Waals surface area contributed by atoms with Gasteiger partial charge in [-0.1, -0.05) is 164 Å². The predicted molar refractivity (Wildman–Crippen MR) is 263 cm³/mol. The summed E-state index contributed by atoms with van der Waals surface area (Å²) < 4.78 is 17.0. The van der Waals surface area contributed by atoms with Crippen molar-refractivity contribution in [2.45, 2.75) is 5.41 Å². The molecule has 14 rings (SSSR count). The van der Waals surface area contributed by atoms with E-state index in [9.17, 15) is 4.39 Å². The lowest BCUT2D eigenvalue weighted by Gasteiger charge is -2.31. The van der Waals surface area contributed by atoms with Gasteiger partial charge >= 0.3 is 0 Å². The van der Waals surface area contributed by atoms with Gasteiger partial charge < -0.3 is 9.30 Å². The van der Waals surface area contributed by atoms with Gasteiger partial charge in [-0.15, -0.1) is 0 Å². The van der Waals surface area contributed by atoms with Crippen LogP contribution in [0.5, 0.6) is 0 Å². The number of para-hydroxylation sites is 2. The van der Waals surface area contributed by atoms with E-state index in [1.165, 1.54) is 106 Å². The third-order valence-corrected chi connectivity index (χ3v) is 14.2. The van der Waals surface area contributed by atoms with E-state index in [-0.39, 0.29) is 5.82 Å². The summed E-state index contributed by atoms with van der Waals surface area (Å²) in [6.45, 7) is 0. The van der Waals surface area contributed by atoms with Crippen LogP contribution in [-0.2, 0) is 5.41 Å². The molecule has 12 aromatic rings. The molecule has 298 valence electrons. The van der Waals surface area contributed by atoms with Crippen molar-refractivity contribution < 1.29 is 4.39 Å². The maximum Gasteiger partial charge on any atom is 0.123 e. The summed E-state index contributed by atoms with van der Waals surface area (Å²) in [6, 6.07) is 80.4. The van der Waals surface area contributed by atoms with Gasteiger partial charge in [0.2, 0.25) is 0 Å². The van der Waals surface area contributed by atoms with Crippen molar-refractivity contribution in [1.82, 2.24) is 4.40 Å². The molecular formula is C61H37FN2. The second kappa shape index (κ2) is 13.1. The van der Waals surface area contributed by atoms with Crippen molar-refractivity contribution in [2.75, 3.05) is 4.90 Å². The molecule has 0 N–H and O–H groups in total. The molecule has 2 aliphatic rings. The molecule has 0 saturated carbocycles. The number of aromatic nitrogens is 1. The van der Waals surface area contributed by atoms with Crippen LogP contribution in [0.2, 0.25) is 0 Å². The molecular weight excluding hydrogens is 780 g/mol. The standard InChI is InChI=1S/C61H37FN2/c62-41-29-35-44(36-30-41)63(42-31-25-39(26-32-42)38-13-2-1-3-14-38)43-33-27-40(28-34-43)51-37-55-58(60-57(51)50-20-12-19-48-47-17-7-11-24-56(47)64(60)59(48)50)49-18-6-10-23-54(49)61(55)52-21-8-4-15-45(52)46-16-5-9-22-53(46)61/h1-37H. The average molecular weight is 817 g/mol. The highest BCUT2D eigenvalue weighted by molar-refractivity contribution is 6.29. The van der Waals surface area contributed by atoms with Crippen LogP contribution >= 0.6 is 0 Å². The SMILES string of the molecule is Fc1ccc(N(c2ccc(-c3ccccc3)cc2)c2ccc(-c3cc4c(c5c3c3cccc6c7ccccc7n5c63)-c3ccccc3C43c4ccccc4-c4ccccc43)cc2)cc1. The predicted octanol–water partition coefficient (Wildman–Crippen LogP) is 16.1. The van der Waals surface area contributed by atoms with E-state index in [4.69, 9.17) is 0 Å². The van der Waals surface area contributed by atoms with E-state index in [0.717, 1.165) is 28.2 Å². The Kier molecular flexibility index (Phi) is 7.25. The van der Waals surface area contributed by atoms with Crippen LogP contribution in [0.25, 0.3) is 82.6 Å². The summed E-state index contributed by atoms with van der Waals surface area (Å²) in [7, 11) is 0. The molecule has 10 aromatic carbocycles. The van der Waals surface area contributed by atoms with Gasteiger partial charge in [0.1, 0.15) is 5.82 Å². The van der Waals surface area contributed by atoms with Gasteiger partial charge in [0, 0.05) is 44.2 Å². The number of hydrogen-bond acceptors (Lipinski definition) is 1. The van der Waals surface area contributed by atoms with Crippen LogP contribution in [0, 0.1) is 5.82 Å². The van der Waals surface area contributed by atoms with Crippen LogP contribution in [-0.4, -0.2) is 4.40 Å². The second-order valence-electron chi connectivity index (χ2n) is 17.3. The minimum absolute atomic E-state index is 0.260. The second-order valence-corrected chi connectivity index (χ2v) is 17.3. The molecule has 2 nitrogen and oxygen atoms in total. The van der Waals surface area contributed by atoms with E-state index < -0.39 is 5.41 Å². The molecule has 0 saturated heterocycles. The Balaban J connectivity index is 1.05. The van der Waals surface area contributed by atoms with Crippen LogP contribution in [0.4, 0.5) is 21.5 Å². The molecule has 3 heteroatoms. The highest BCUT2D eigenvalue weighted by Crippen LogP contribution is 2.65. The molecule has 0 bridgehead atoms. The highest BCUT2D eigenvalue weighted by atomic mass is 19.1. The van der Waals surface area contributed by atoms with Crippen molar-refractivity contribution in [2.24, 2.45) is 0 Å². The maximum atomic E-state index is 14.4. The van der Waals surface area contributed by atoms with Crippen molar-refractivity contribution in [3.8, 4) is 44.5 Å². The first-order valence-electron chi connectivity index (χ1n) is 22.0. The molecule has 0 atom stereocenters. The van der Waals surface area contributed by atoms with Gasteiger partial charge in [-0.3, -0.25) is 0 Å². The monoisotopic (exact) mass is 816 g/mol. The lowest BCUT2D eigenvalue weighted by Crippen LogP contribution is -2.25. The fourth-order valence-corrected chi connectivity index (χ4v) is 11.7. The summed E-state index contributed by atoms with van der Waals surface area (Å²) in [5.74, 6) is -0.260. The molecule has 1 spiro atoms. The van der Waals surface area contributed by atoms with Crippen molar-refractivity contribution >= 4 is 55.2 Å². The minimum Gasteiger partial charge on any atom is -0.311 e. The smallest absolute Gasteiger partial charge is 0.123 e. The van der Waals surface area contributed by atoms with E-state index in [0.29, 0.717) is 0 Å². The zero-order valence-corrected chi connectivity index (χ0v) is 34.6. The Bertz CT molecular complexity index is 3780. The first kappa shape index (κ1) is 35.3. The Morgan fingerprint density at radius 3 is 1.53 bits per heavy atom. The van der Waals surface area contributed by atoms with Gasteiger partial charge in [0.05, 0.1) is 22.0 Å². The zero-order valence-electron chi connectivity index (χ0n) is 34.6. The normalized spacial score (nSPS) is 13.2. The Labute approximate surface area is 369 Å². The van der Waals surface area contributed by atoms with E-state index >= 15 is 0 Å². The van der Waals surface area contributed by atoms with Crippen LogP contribution in [0.3, 0.4) is 0 Å². The lowest BCUT2D eigenvalue weighted by molar-refractivity contribution is 0.628. The minimum atomic E-state index is -0.509. The Hall–Kier alpha value is -8.27. The summed E-state index contributed by atoms with van der Waals surface area (Å²) in [6.07, 6.45) is 0. The molecule has 2 aliphatic carbocycles. The first-order valence-corrected chi connectivity index (χ1v) is 22.0. The summed E-state index contributed by atoms with van der Waals surface area (Å²) in [4.78, 5) is 2.21. The molecule has 0 unspecified atom stereocenters. The number of benzene rings is 10. The zero-order chi connectivity index (χ0) is 42.1. The number of anilines is 3. The van der Waals surface area contributed by atoms with Gasteiger partial charge in [-0.25, -0.2) is 4.39 Å². The molecule has 0 amide bonds. The van der Waals surface area contributed by atoms with Crippen molar-refractivity contribution in [3.05, 3.63) is 253 Å². The summed E-state index contributed by atoms with van der Waals surface area (Å²) in [5.41, 5.74) is 21.2. The largest absolute Gasteiger partial charge is 0.311 e. The van der Waals surface area contributed by atoms with E-state index in [1.807, 2.05) is 18.2 Å². The average Bonchev–Trinajstić information content (AvgIpc) is 4.07. The fraction of sp³-hybridized carbons (Fsp3) is 0.0164. The van der Waals surface area contributed by atoms with Gasteiger partial charge in [0.25, 0.3) is 0 Å². The molecule has 2 aromatic heterocycles. The van der Waals surface area contributed by atoms with Crippen LogP contribution in [0.1, 0.15) is 22.3 Å². The van der Waals surface area contributed by atoms with E-state index in [1.54, 1.807) is 0 Å². The van der Waals surface area contributed by atoms with Gasteiger partial charge in [-0.05, 0) is 122 Å². The maximum absolute atomic E-state index is 14.4. The number of nitrogens with zero attached hydrogens (tertiary/aromatic N) is 2. The summed E-state index contributed by atoms with van der Waals surface area (Å²) in [5, 5.41) is 5.05.